The number of ether oxygens (including phenoxy) is 4. The van der Waals surface area contributed by atoms with Crippen LogP contribution in [0.25, 0.3) is 0 Å². The molecule has 6 atom stereocenters. The van der Waals surface area contributed by atoms with E-state index in [1.807, 2.05) is 0 Å². The fraction of sp³-hybridized carbons (Fsp3) is 0.732. The van der Waals surface area contributed by atoms with Crippen molar-refractivity contribution in [3.05, 3.63) is 60.8 Å². The molecule has 1 heterocycles. The number of carbonyl (C=O) groups is 1. The van der Waals surface area contributed by atoms with Gasteiger partial charge in [0.2, 0.25) is 0 Å². The van der Waals surface area contributed by atoms with Gasteiger partial charge in [0.1, 0.15) is 30.5 Å². The van der Waals surface area contributed by atoms with E-state index in [1.165, 1.54) is 25.7 Å². The molecular weight excluding hydrogens is 636 g/mol. The lowest BCUT2D eigenvalue weighted by Crippen LogP contribution is -2.59. The molecule has 1 aliphatic heterocycles. The Labute approximate surface area is 303 Å². The number of aliphatic hydroxyl groups excluding tert-OH is 4. The van der Waals surface area contributed by atoms with E-state index in [-0.39, 0.29) is 19.2 Å². The molecule has 1 fully saturated rings. The van der Waals surface area contributed by atoms with Crippen LogP contribution < -0.4 is 0 Å². The van der Waals surface area contributed by atoms with E-state index in [2.05, 4.69) is 74.6 Å². The molecule has 0 aromatic heterocycles. The van der Waals surface area contributed by atoms with Crippen molar-refractivity contribution in [3.8, 4) is 0 Å². The zero-order valence-electron chi connectivity index (χ0n) is 31.1. The highest BCUT2D eigenvalue weighted by molar-refractivity contribution is 5.69. The molecule has 0 saturated carbocycles. The van der Waals surface area contributed by atoms with Gasteiger partial charge in [0.05, 0.1) is 19.8 Å². The Hall–Kier alpha value is -2.11. The van der Waals surface area contributed by atoms with Crippen LogP contribution in [0, 0.1) is 0 Å². The highest BCUT2D eigenvalue weighted by atomic mass is 16.7. The molecule has 1 aliphatic rings. The van der Waals surface area contributed by atoms with Crippen LogP contribution in [-0.4, -0.2) is 89.6 Å². The maximum Gasteiger partial charge on any atom is 0.306 e. The van der Waals surface area contributed by atoms with Crippen LogP contribution in [0.2, 0.25) is 0 Å². The summed E-state index contributed by atoms with van der Waals surface area (Å²) in [5.74, 6) is -0.334. The Morgan fingerprint density at radius 3 is 1.84 bits per heavy atom. The predicted molar refractivity (Wildman–Crippen MR) is 201 cm³/mol. The second-order valence-corrected chi connectivity index (χ2v) is 13.0. The van der Waals surface area contributed by atoms with Gasteiger partial charge in [-0.25, -0.2) is 0 Å². The van der Waals surface area contributed by atoms with Crippen LogP contribution >= 0.6 is 0 Å². The van der Waals surface area contributed by atoms with E-state index < -0.39 is 43.4 Å². The molecule has 6 unspecified atom stereocenters. The second kappa shape index (κ2) is 32.8. The number of esters is 1. The van der Waals surface area contributed by atoms with Crippen LogP contribution in [-0.2, 0) is 23.7 Å². The first-order valence-corrected chi connectivity index (χ1v) is 19.4. The Balaban J connectivity index is 2.28. The van der Waals surface area contributed by atoms with Crippen LogP contribution in [0.3, 0.4) is 0 Å². The summed E-state index contributed by atoms with van der Waals surface area (Å²) >= 11 is 0. The van der Waals surface area contributed by atoms with Gasteiger partial charge in [-0.05, 0) is 57.8 Å². The Morgan fingerprint density at radius 1 is 0.660 bits per heavy atom. The largest absolute Gasteiger partial charge is 0.457 e. The summed E-state index contributed by atoms with van der Waals surface area (Å²) in [6.07, 6.45) is 32.7. The van der Waals surface area contributed by atoms with Gasteiger partial charge in [-0.2, -0.15) is 0 Å². The molecule has 0 spiro atoms. The van der Waals surface area contributed by atoms with Crippen molar-refractivity contribution in [1.29, 1.82) is 0 Å². The van der Waals surface area contributed by atoms with Gasteiger partial charge in [-0.1, -0.05) is 126 Å². The molecule has 1 saturated heterocycles. The van der Waals surface area contributed by atoms with Crippen LogP contribution in [0.5, 0.6) is 0 Å². The molecule has 0 bridgehead atoms. The lowest BCUT2D eigenvalue weighted by molar-refractivity contribution is -0.305. The third-order valence-electron chi connectivity index (χ3n) is 8.45. The van der Waals surface area contributed by atoms with Gasteiger partial charge < -0.3 is 39.4 Å². The Kier molecular flexibility index (Phi) is 30.1. The standard InChI is InChI=1S/C41H70O9/c1-3-5-7-9-11-12-13-14-15-16-17-18-19-20-21-22-23-25-27-29-31-47-33-35(49-37(43)30-28-26-24-10-8-6-4-2)34-48-41-40(46)39(45)38(44)36(32-42)50-41/h5,7,11-12,14-15,17-18,20-21,35-36,38-42,44-46H,3-4,6,8-10,13,16,19,22-34H2,1-2H3/b7-5-,12-11-,15-14-,18-17-,21-20-. The zero-order chi connectivity index (χ0) is 36.5. The molecule has 4 N–H and O–H groups in total. The van der Waals surface area contributed by atoms with Crippen LogP contribution in [0.15, 0.2) is 60.8 Å². The zero-order valence-corrected chi connectivity index (χ0v) is 31.1. The number of unbranched alkanes of at least 4 members (excludes halogenated alkanes) is 10. The van der Waals surface area contributed by atoms with Crippen molar-refractivity contribution < 1.29 is 44.2 Å². The van der Waals surface area contributed by atoms with Gasteiger partial charge in [0.25, 0.3) is 0 Å². The topological polar surface area (TPSA) is 135 Å². The lowest BCUT2D eigenvalue weighted by Gasteiger charge is -2.39. The SMILES string of the molecule is CC/C=C\C/C=C\C/C=C\C/C=C\C/C=C\CCCCCCOCC(COC1OC(CO)C(O)C(O)C1O)OC(=O)CCCCCCCCC. The van der Waals surface area contributed by atoms with Crippen molar-refractivity contribution in [2.24, 2.45) is 0 Å². The highest BCUT2D eigenvalue weighted by Crippen LogP contribution is 2.22. The van der Waals surface area contributed by atoms with Crippen LogP contribution in [0.4, 0.5) is 0 Å². The fourth-order valence-corrected chi connectivity index (χ4v) is 5.40. The van der Waals surface area contributed by atoms with E-state index >= 15 is 0 Å². The predicted octanol–water partition coefficient (Wildman–Crippen LogP) is 7.57. The van der Waals surface area contributed by atoms with E-state index in [9.17, 15) is 25.2 Å². The number of allylic oxidation sites excluding steroid dienone is 10. The summed E-state index contributed by atoms with van der Waals surface area (Å²) in [6.45, 7) is 4.31. The first-order valence-electron chi connectivity index (χ1n) is 19.4. The van der Waals surface area contributed by atoms with Crippen LogP contribution in [0.1, 0.15) is 129 Å². The van der Waals surface area contributed by atoms with Crippen molar-refractivity contribution in [1.82, 2.24) is 0 Å². The summed E-state index contributed by atoms with van der Waals surface area (Å²) in [5.41, 5.74) is 0. The average molecular weight is 707 g/mol. The van der Waals surface area contributed by atoms with E-state index in [1.54, 1.807) is 0 Å². The summed E-state index contributed by atoms with van der Waals surface area (Å²) in [5, 5.41) is 39.8. The number of aliphatic hydroxyl groups is 4. The summed E-state index contributed by atoms with van der Waals surface area (Å²) in [6, 6.07) is 0. The average Bonchev–Trinajstić information content (AvgIpc) is 3.11. The fourth-order valence-electron chi connectivity index (χ4n) is 5.40. The molecule has 9 heteroatoms. The Bertz CT molecular complexity index is 942. The highest BCUT2D eigenvalue weighted by Gasteiger charge is 2.44. The van der Waals surface area contributed by atoms with Crippen molar-refractivity contribution >= 4 is 5.97 Å². The third kappa shape index (κ3) is 24.1. The molecule has 0 aromatic rings. The minimum atomic E-state index is -1.54. The Morgan fingerprint density at radius 2 is 1.22 bits per heavy atom. The molecule has 9 nitrogen and oxygen atoms in total. The number of hydrogen-bond acceptors (Lipinski definition) is 9. The molecule has 0 radical (unpaired) electrons. The van der Waals surface area contributed by atoms with E-state index in [4.69, 9.17) is 18.9 Å². The first-order chi connectivity index (χ1) is 24.4. The minimum Gasteiger partial charge on any atom is -0.457 e. The lowest BCUT2D eigenvalue weighted by atomic mass is 9.99. The first kappa shape index (κ1) is 45.9. The van der Waals surface area contributed by atoms with Gasteiger partial charge in [0, 0.05) is 13.0 Å². The van der Waals surface area contributed by atoms with Gasteiger partial charge in [-0.15, -0.1) is 0 Å². The van der Waals surface area contributed by atoms with E-state index in [0.29, 0.717) is 13.0 Å². The monoisotopic (exact) mass is 707 g/mol. The molecule has 0 aliphatic carbocycles. The molecule has 288 valence electrons. The van der Waals surface area contributed by atoms with E-state index in [0.717, 1.165) is 83.5 Å². The van der Waals surface area contributed by atoms with Gasteiger partial charge >= 0.3 is 5.97 Å². The number of carbonyl (C=O) groups excluding carboxylic acids is 1. The maximum absolute atomic E-state index is 12.6. The second-order valence-electron chi connectivity index (χ2n) is 13.0. The maximum atomic E-state index is 12.6. The van der Waals surface area contributed by atoms with Gasteiger partial charge in [0.15, 0.2) is 6.29 Å². The van der Waals surface area contributed by atoms with Crippen molar-refractivity contribution in [2.45, 2.75) is 166 Å². The normalized spacial score (nSPS) is 22.2. The summed E-state index contributed by atoms with van der Waals surface area (Å²) in [7, 11) is 0. The minimum absolute atomic E-state index is 0.125. The molecular formula is C41H70O9. The summed E-state index contributed by atoms with van der Waals surface area (Å²) < 4.78 is 22.6. The summed E-state index contributed by atoms with van der Waals surface area (Å²) in [4.78, 5) is 12.6. The molecule has 0 aromatic carbocycles. The third-order valence-corrected chi connectivity index (χ3v) is 8.45. The molecule has 50 heavy (non-hydrogen) atoms. The van der Waals surface area contributed by atoms with Crippen molar-refractivity contribution in [3.63, 3.8) is 0 Å². The number of rotatable bonds is 31. The number of hydrogen-bond donors (Lipinski definition) is 4. The molecule has 1 rings (SSSR count). The van der Waals surface area contributed by atoms with Gasteiger partial charge in [-0.3, -0.25) is 4.79 Å². The quantitative estimate of drug-likeness (QED) is 0.0327. The molecule has 0 amide bonds. The smallest absolute Gasteiger partial charge is 0.306 e. The van der Waals surface area contributed by atoms with Crippen molar-refractivity contribution in [2.75, 3.05) is 26.4 Å².